The third-order valence-electron chi connectivity index (χ3n) is 7.21. The average Bonchev–Trinajstić information content (AvgIpc) is 3.38. The molecule has 2 heterocycles. The summed E-state index contributed by atoms with van der Waals surface area (Å²) in [6, 6.07) is 17.0. The fraction of sp³-hybridized carbons (Fsp3) is 0.281. The molecule has 1 N–H and O–H groups in total. The molecule has 0 saturated carbocycles. The molecule has 194 valence electrons. The molecule has 1 atom stereocenters. The predicted octanol–water partition coefficient (Wildman–Crippen LogP) is 7.45. The van der Waals surface area contributed by atoms with Gasteiger partial charge in [-0.15, -0.1) is 0 Å². The van der Waals surface area contributed by atoms with Crippen LogP contribution in [0.5, 0.6) is 0 Å². The number of carbonyl (C=O) groups is 2. The number of Topliss-reactive ketones (excluding diaryl/α,β-unsaturated/α-hetero) is 1. The molecule has 1 aliphatic heterocycles. The Bertz CT molecular complexity index is 1640. The first-order valence-corrected chi connectivity index (χ1v) is 13.6. The standard InChI is InChI=1S/C32H32N2O3S/c1-17-8-9-19(3)23(15-17)28(35)25-27(21-10-12-22(13-11-21)32(5,6)7)34(30(37)29(25)36)31-33-26-20(4)14-18(2)16-24(26)38-31/h8-16,27,35H,1-7H3/b28-25+. The SMILES string of the molecule is Cc1ccc(C)c(/C(O)=C2\C(=O)C(=O)N(c3nc4c(C)cc(C)cc4s3)C2c2ccc(C(C)(C)C)cc2)c1. The van der Waals surface area contributed by atoms with Gasteiger partial charge in [0.1, 0.15) is 5.76 Å². The molecular formula is C32H32N2O3S. The van der Waals surface area contributed by atoms with Crippen LogP contribution in [-0.2, 0) is 15.0 Å². The second-order valence-electron chi connectivity index (χ2n) is 11.3. The Morgan fingerprint density at radius 2 is 1.58 bits per heavy atom. The van der Waals surface area contributed by atoms with Crippen LogP contribution in [0.15, 0.2) is 60.2 Å². The Balaban J connectivity index is 1.76. The minimum absolute atomic E-state index is 0.0541. The van der Waals surface area contributed by atoms with E-state index >= 15 is 0 Å². The van der Waals surface area contributed by atoms with Crippen molar-refractivity contribution in [1.82, 2.24) is 4.98 Å². The van der Waals surface area contributed by atoms with E-state index < -0.39 is 17.7 Å². The lowest BCUT2D eigenvalue weighted by atomic mass is 9.85. The van der Waals surface area contributed by atoms with Crippen LogP contribution >= 0.6 is 11.3 Å². The molecule has 0 aliphatic carbocycles. The van der Waals surface area contributed by atoms with Crippen molar-refractivity contribution < 1.29 is 14.7 Å². The molecule has 38 heavy (non-hydrogen) atoms. The smallest absolute Gasteiger partial charge is 0.301 e. The second kappa shape index (κ2) is 9.21. The van der Waals surface area contributed by atoms with Crippen LogP contribution < -0.4 is 4.90 Å². The monoisotopic (exact) mass is 524 g/mol. The zero-order valence-electron chi connectivity index (χ0n) is 22.8. The van der Waals surface area contributed by atoms with Gasteiger partial charge in [0.25, 0.3) is 5.78 Å². The number of nitrogens with zero attached hydrogens (tertiary/aromatic N) is 2. The number of benzene rings is 3. The lowest BCUT2D eigenvalue weighted by Gasteiger charge is -2.25. The van der Waals surface area contributed by atoms with Gasteiger partial charge >= 0.3 is 5.91 Å². The maximum absolute atomic E-state index is 13.6. The highest BCUT2D eigenvalue weighted by Crippen LogP contribution is 2.45. The quantitative estimate of drug-likeness (QED) is 0.172. The third kappa shape index (κ3) is 4.33. The first-order chi connectivity index (χ1) is 17.9. The zero-order valence-corrected chi connectivity index (χ0v) is 23.7. The fourth-order valence-electron chi connectivity index (χ4n) is 5.11. The van der Waals surface area contributed by atoms with E-state index in [-0.39, 0.29) is 16.7 Å². The zero-order chi connectivity index (χ0) is 27.5. The highest BCUT2D eigenvalue weighted by atomic mass is 32.1. The lowest BCUT2D eigenvalue weighted by Crippen LogP contribution is -2.29. The molecular weight excluding hydrogens is 492 g/mol. The maximum Gasteiger partial charge on any atom is 0.301 e. The number of thiazole rings is 1. The van der Waals surface area contributed by atoms with Gasteiger partial charge < -0.3 is 5.11 Å². The number of amides is 1. The van der Waals surface area contributed by atoms with Crippen LogP contribution in [-0.4, -0.2) is 21.8 Å². The number of aryl methyl sites for hydroxylation is 4. The molecule has 5 rings (SSSR count). The first kappa shape index (κ1) is 25.9. The van der Waals surface area contributed by atoms with Crippen LogP contribution in [0.25, 0.3) is 16.0 Å². The molecule has 0 bridgehead atoms. The molecule has 3 aromatic carbocycles. The van der Waals surface area contributed by atoms with E-state index in [2.05, 4.69) is 26.8 Å². The number of ketones is 1. The van der Waals surface area contributed by atoms with Crippen LogP contribution in [0.3, 0.4) is 0 Å². The van der Waals surface area contributed by atoms with E-state index in [0.717, 1.165) is 43.6 Å². The van der Waals surface area contributed by atoms with Crippen molar-refractivity contribution in [2.24, 2.45) is 0 Å². The molecule has 1 aromatic heterocycles. The van der Waals surface area contributed by atoms with Gasteiger partial charge in [0.05, 0.1) is 21.8 Å². The Morgan fingerprint density at radius 3 is 2.24 bits per heavy atom. The van der Waals surface area contributed by atoms with E-state index in [9.17, 15) is 14.7 Å². The Kier molecular flexibility index (Phi) is 6.27. The summed E-state index contributed by atoms with van der Waals surface area (Å²) in [6.07, 6.45) is 0. The molecule has 4 aromatic rings. The van der Waals surface area contributed by atoms with Gasteiger partial charge in [0, 0.05) is 5.56 Å². The molecule has 5 nitrogen and oxygen atoms in total. The first-order valence-electron chi connectivity index (χ1n) is 12.7. The van der Waals surface area contributed by atoms with E-state index in [0.29, 0.717) is 10.7 Å². The van der Waals surface area contributed by atoms with Crippen molar-refractivity contribution in [3.05, 3.63) is 99.1 Å². The van der Waals surface area contributed by atoms with Gasteiger partial charge in [0.2, 0.25) is 0 Å². The van der Waals surface area contributed by atoms with Crippen molar-refractivity contribution >= 4 is 44.1 Å². The number of carbonyl (C=O) groups excluding carboxylic acids is 2. The summed E-state index contributed by atoms with van der Waals surface area (Å²) < 4.78 is 0.954. The molecule has 1 fully saturated rings. The summed E-state index contributed by atoms with van der Waals surface area (Å²) >= 11 is 1.39. The number of aromatic nitrogens is 1. The minimum atomic E-state index is -0.800. The summed E-state index contributed by atoms with van der Waals surface area (Å²) in [4.78, 5) is 33.5. The van der Waals surface area contributed by atoms with E-state index in [4.69, 9.17) is 4.98 Å². The van der Waals surface area contributed by atoms with Crippen LogP contribution in [0.4, 0.5) is 5.13 Å². The lowest BCUT2D eigenvalue weighted by molar-refractivity contribution is -0.132. The number of rotatable bonds is 3. The van der Waals surface area contributed by atoms with Crippen LogP contribution in [0.1, 0.15) is 65.8 Å². The van der Waals surface area contributed by atoms with Crippen molar-refractivity contribution in [1.29, 1.82) is 0 Å². The summed E-state index contributed by atoms with van der Waals surface area (Å²) in [5, 5.41) is 12.0. The number of aliphatic hydroxyl groups excluding tert-OH is 1. The molecule has 6 heteroatoms. The summed E-state index contributed by atoms with van der Waals surface area (Å²) in [6.45, 7) is 14.3. The van der Waals surface area contributed by atoms with Crippen LogP contribution in [0, 0.1) is 27.7 Å². The topological polar surface area (TPSA) is 70.5 Å². The van der Waals surface area contributed by atoms with Gasteiger partial charge in [-0.2, -0.15) is 0 Å². The van der Waals surface area contributed by atoms with Crippen LogP contribution in [0.2, 0.25) is 0 Å². The summed E-state index contributed by atoms with van der Waals surface area (Å²) in [7, 11) is 0. The number of aliphatic hydroxyl groups is 1. The Hall–Kier alpha value is -3.77. The van der Waals surface area contributed by atoms with Crippen molar-refractivity contribution in [3.8, 4) is 0 Å². The van der Waals surface area contributed by atoms with Crippen molar-refractivity contribution in [2.45, 2.75) is 59.9 Å². The molecule has 1 unspecified atom stereocenters. The highest BCUT2D eigenvalue weighted by Gasteiger charge is 2.48. The average molecular weight is 525 g/mol. The van der Waals surface area contributed by atoms with Gasteiger partial charge in [-0.3, -0.25) is 14.5 Å². The number of hydrogen-bond acceptors (Lipinski definition) is 5. The van der Waals surface area contributed by atoms with Gasteiger partial charge in [-0.05, 0) is 73.1 Å². The molecule has 0 spiro atoms. The Morgan fingerprint density at radius 1 is 0.895 bits per heavy atom. The largest absolute Gasteiger partial charge is 0.507 e. The minimum Gasteiger partial charge on any atom is -0.507 e. The highest BCUT2D eigenvalue weighted by molar-refractivity contribution is 7.22. The van der Waals surface area contributed by atoms with E-state index in [1.165, 1.54) is 16.2 Å². The van der Waals surface area contributed by atoms with E-state index in [1.807, 2.05) is 76.2 Å². The van der Waals surface area contributed by atoms with Gasteiger partial charge in [-0.1, -0.05) is 80.1 Å². The van der Waals surface area contributed by atoms with E-state index in [1.54, 1.807) is 0 Å². The molecule has 1 saturated heterocycles. The summed E-state index contributed by atoms with van der Waals surface area (Å²) in [5.41, 5.74) is 7.18. The number of anilines is 1. The molecule has 0 radical (unpaired) electrons. The Labute approximate surface area is 227 Å². The second-order valence-corrected chi connectivity index (χ2v) is 12.3. The number of hydrogen-bond donors (Lipinski definition) is 1. The number of fused-ring (bicyclic) bond motifs is 1. The third-order valence-corrected chi connectivity index (χ3v) is 8.21. The maximum atomic E-state index is 13.6. The molecule has 1 amide bonds. The summed E-state index contributed by atoms with van der Waals surface area (Å²) in [5.74, 6) is -1.55. The van der Waals surface area contributed by atoms with Crippen molar-refractivity contribution in [2.75, 3.05) is 4.90 Å². The van der Waals surface area contributed by atoms with Gasteiger partial charge in [0.15, 0.2) is 5.13 Å². The predicted molar refractivity (Wildman–Crippen MR) is 155 cm³/mol. The normalized spacial score (nSPS) is 17.6. The van der Waals surface area contributed by atoms with Crippen molar-refractivity contribution in [3.63, 3.8) is 0 Å². The van der Waals surface area contributed by atoms with Gasteiger partial charge in [-0.25, -0.2) is 4.98 Å². The fourth-order valence-corrected chi connectivity index (χ4v) is 6.28. The molecule has 1 aliphatic rings.